The van der Waals surface area contributed by atoms with E-state index in [4.69, 9.17) is 10.7 Å². The van der Waals surface area contributed by atoms with Crippen LogP contribution in [0.15, 0.2) is 30.6 Å². The summed E-state index contributed by atoms with van der Waals surface area (Å²) in [5, 5.41) is 5.79. The summed E-state index contributed by atoms with van der Waals surface area (Å²) < 4.78 is 1.80. The fraction of sp³-hybridized carbons (Fsp3) is 0.235. The third-order valence-corrected chi connectivity index (χ3v) is 5.78. The topological polar surface area (TPSA) is 73.5 Å². The molecule has 1 unspecified atom stereocenters. The zero-order valence-corrected chi connectivity index (χ0v) is 14.1. The lowest BCUT2D eigenvalue weighted by Gasteiger charge is -2.19. The average Bonchev–Trinajstić information content (AvgIpc) is 3.15. The van der Waals surface area contributed by atoms with Crippen LogP contribution in [0.25, 0.3) is 27.3 Å². The minimum absolute atomic E-state index is 0.711. The predicted octanol–water partition coefficient (Wildman–Crippen LogP) is 1.16. The molecule has 3 aromatic heterocycles. The first-order chi connectivity index (χ1) is 11.7. The molecule has 0 spiro atoms. The SMILES string of the molecule is C[NH+]1CCc2c(sc3ncn4nc(-c5ccc(N)cc5)nc4c23)C1. The summed E-state index contributed by atoms with van der Waals surface area (Å²) in [6.07, 6.45) is 2.84. The van der Waals surface area contributed by atoms with Gasteiger partial charge in [0.05, 0.1) is 23.9 Å². The molecule has 5 rings (SSSR count). The van der Waals surface area contributed by atoms with Gasteiger partial charge in [-0.25, -0.2) is 14.5 Å². The van der Waals surface area contributed by atoms with Crippen molar-refractivity contribution < 1.29 is 4.90 Å². The van der Waals surface area contributed by atoms with Crippen molar-refractivity contribution in [2.75, 3.05) is 19.3 Å². The van der Waals surface area contributed by atoms with E-state index in [1.165, 1.54) is 15.8 Å². The number of likely N-dealkylation sites (N-methyl/N-ethyl adjacent to an activating group) is 1. The number of nitrogens with zero attached hydrogens (tertiary/aromatic N) is 4. The van der Waals surface area contributed by atoms with Crippen molar-refractivity contribution in [2.45, 2.75) is 13.0 Å². The second kappa shape index (κ2) is 4.99. The maximum atomic E-state index is 5.77. The zero-order valence-electron chi connectivity index (χ0n) is 13.3. The molecule has 120 valence electrons. The number of hydrogen-bond acceptors (Lipinski definition) is 5. The van der Waals surface area contributed by atoms with E-state index >= 15 is 0 Å². The molecule has 0 bridgehead atoms. The lowest BCUT2D eigenvalue weighted by Crippen LogP contribution is -3.08. The number of quaternary nitrogens is 1. The molecule has 1 atom stereocenters. The van der Waals surface area contributed by atoms with E-state index in [1.807, 2.05) is 24.3 Å². The first kappa shape index (κ1) is 13.9. The molecule has 0 radical (unpaired) electrons. The van der Waals surface area contributed by atoms with E-state index in [-0.39, 0.29) is 0 Å². The summed E-state index contributed by atoms with van der Waals surface area (Å²) >= 11 is 1.80. The van der Waals surface area contributed by atoms with Gasteiger partial charge in [0.2, 0.25) is 0 Å². The number of nitrogens with two attached hydrogens (primary N) is 1. The molecule has 1 aliphatic heterocycles. The highest BCUT2D eigenvalue weighted by Crippen LogP contribution is 2.33. The van der Waals surface area contributed by atoms with Crippen LogP contribution in [0.1, 0.15) is 10.4 Å². The Labute approximate surface area is 142 Å². The lowest BCUT2D eigenvalue weighted by molar-refractivity contribution is -0.895. The van der Waals surface area contributed by atoms with Gasteiger partial charge >= 0.3 is 0 Å². The number of fused-ring (bicyclic) bond motifs is 5. The van der Waals surface area contributed by atoms with E-state index in [0.29, 0.717) is 5.82 Å². The molecule has 0 fully saturated rings. The summed E-state index contributed by atoms with van der Waals surface area (Å²) in [6, 6.07) is 7.66. The summed E-state index contributed by atoms with van der Waals surface area (Å²) in [5.41, 5.74) is 9.80. The Morgan fingerprint density at radius 1 is 1.25 bits per heavy atom. The van der Waals surface area contributed by atoms with Gasteiger partial charge in [0.15, 0.2) is 11.5 Å². The molecule has 0 saturated carbocycles. The Kier molecular flexibility index (Phi) is 2.89. The Balaban J connectivity index is 1.74. The summed E-state index contributed by atoms with van der Waals surface area (Å²) in [4.78, 5) is 13.5. The third kappa shape index (κ3) is 2.02. The number of anilines is 1. The average molecular weight is 337 g/mol. The van der Waals surface area contributed by atoms with Gasteiger partial charge in [0, 0.05) is 17.7 Å². The lowest BCUT2D eigenvalue weighted by atomic mass is 10.1. The molecule has 1 aromatic carbocycles. The largest absolute Gasteiger partial charge is 0.399 e. The number of rotatable bonds is 1. The highest BCUT2D eigenvalue weighted by molar-refractivity contribution is 7.19. The third-order valence-electron chi connectivity index (χ3n) is 4.64. The van der Waals surface area contributed by atoms with Crippen LogP contribution >= 0.6 is 11.3 Å². The first-order valence-corrected chi connectivity index (χ1v) is 8.83. The van der Waals surface area contributed by atoms with E-state index in [9.17, 15) is 0 Å². The van der Waals surface area contributed by atoms with Gasteiger partial charge in [0.25, 0.3) is 0 Å². The van der Waals surface area contributed by atoms with E-state index in [0.717, 1.165) is 41.2 Å². The number of nitrogens with one attached hydrogen (secondary N) is 1. The first-order valence-electron chi connectivity index (χ1n) is 8.02. The van der Waals surface area contributed by atoms with Crippen molar-refractivity contribution in [3.8, 4) is 11.4 Å². The molecule has 3 N–H and O–H groups in total. The second-order valence-corrected chi connectivity index (χ2v) is 7.47. The van der Waals surface area contributed by atoms with Gasteiger partial charge in [-0.1, -0.05) is 0 Å². The molecule has 7 heteroatoms. The molecular formula is C17H17N6S+. The van der Waals surface area contributed by atoms with Crippen LogP contribution < -0.4 is 10.6 Å². The maximum absolute atomic E-state index is 5.77. The number of aromatic nitrogens is 4. The van der Waals surface area contributed by atoms with Crippen molar-refractivity contribution in [1.82, 2.24) is 19.6 Å². The summed E-state index contributed by atoms with van der Waals surface area (Å²) in [7, 11) is 2.24. The van der Waals surface area contributed by atoms with Crippen LogP contribution in [0, 0.1) is 0 Å². The van der Waals surface area contributed by atoms with Crippen molar-refractivity contribution in [3.63, 3.8) is 0 Å². The van der Waals surface area contributed by atoms with Crippen molar-refractivity contribution in [1.29, 1.82) is 0 Å². The van der Waals surface area contributed by atoms with Gasteiger partial charge in [0.1, 0.15) is 17.7 Å². The summed E-state index contributed by atoms with van der Waals surface area (Å²) in [6.45, 7) is 2.22. The van der Waals surface area contributed by atoms with E-state index in [2.05, 4.69) is 17.1 Å². The molecular weight excluding hydrogens is 320 g/mol. The number of benzene rings is 1. The zero-order chi connectivity index (χ0) is 16.3. The molecule has 0 saturated heterocycles. The highest BCUT2D eigenvalue weighted by Gasteiger charge is 2.24. The molecule has 4 aromatic rings. The predicted molar refractivity (Wildman–Crippen MR) is 95.2 cm³/mol. The van der Waals surface area contributed by atoms with Gasteiger partial charge in [-0.3, -0.25) is 0 Å². The van der Waals surface area contributed by atoms with Gasteiger partial charge in [-0.15, -0.1) is 16.4 Å². The van der Waals surface area contributed by atoms with Gasteiger partial charge < -0.3 is 10.6 Å². The van der Waals surface area contributed by atoms with E-state index in [1.54, 1.807) is 27.1 Å². The highest BCUT2D eigenvalue weighted by atomic mass is 32.1. The fourth-order valence-corrected chi connectivity index (χ4v) is 4.66. The minimum atomic E-state index is 0.711. The number of hydrogen-bond donors (Lipinski definition) is 2. The van der Waals surface area contributed by atoms with Crippen LogP contribution in [-0.4, -0.2) is 33.2 Å². The summed E-state index contributed by atoms with van der Waals surface area (Å²) in [5.74, 6) is 0.711. The quantitative estimate of drug-likeness (QED) is 0.511. The Morgan fingerprint density at radius 3 is 2.92 bits per heavy atom. The molecule has 24 heavy (non-hydrogen) atoms. The van der Waals surface area contributed by atoms with Gasteiger partial charge in [-0.2, -0.15) is 0 Å². The standard InChI is InChI=1S/C17H16N6S/c1-22-7-6-12-13(8-22)24-17-14(12)16-20-15(21-23(16)9-19-17)10-2-4-11(18)5-3-10/h2-5,9H,6-8,18H2,1H3/p+1. The number of nitrogen functional groups attached to an aromatic ring is 1. The molecule has 6 nitrogen and oxygen atoms in total. The second-order valence-electron chi connectivity index (χ2n) is 6.39. The van der Waals surface area contributed by atoms with Crippen molar-refractivity contribution >= 4 is 32.9 Å². The Morgan fingerprint density at radius 2 is 2.08 bits per heavy atom. The molecule has 4 heterocycles. The molecule has 0 aliphatic carbocycles. The smallest absolute Gasteiger partial charge is 0.182 e. The van der Waals surface area contributed by atoms with Crippen LogP contribution in [0.5, 0.6) is 0 Å². The van der Waals surface area contributed by atoms with Crippen LogP contribution in [-0.2, 0) is 13.0 Å². The van der Waals surface area contributed by atoms with Crippen LogP contribution in [0.2, 0.25) is 0 Å². The normalized spacial score (nSPS) is 17.5. The van der Waals surface area contributed by atoms with Gasteiger partial charge in [-0.05, 0) is 29.8 Å². The van der Waals surface area contributed by atoms with Crippen molar-refractivity contribution in [3.05, 3.63) is 41.0 Å². The Hall–Kier alpha value is -2.51. The van der Waals surface area contributed by atoms with Crippen LogP contribution in [0.4, 0.5) is 5.69 Å². The molecule has 1 aliphatic rings. The maximum Gasteiger partial charge on any atom is 0.182 e. The van der Waals surface area contributed by atoms with E-state index < -0.39 is 0 Å². The number of thiophene rings is 1. The van der Waals surface area contributed by atoms with Crippen molar-refractivity contribution in [2.24, 2.45) is 0 Å². The molecule has 0 amide bonds. The monoisotopic (exact) mass is 337 g/mol. The van der Waals surface area contributed by atoms with Crippen LogP contribution in [0.3, 0.4) is 0 Å². The Bertz CT molecular complexity index is 1060. The minimum Gasteiger partial charge on any atom is -0.399 e. The fourth-order valence-electron chi connectivity index (χ4n) is 3.36.